The summed E-state index contributed by atoms with van der Waals surface area (Å²) >= 11 is 1.35. The van der Waals surface area contributed by atoms with E-state index in [1.165, 1.54) is 18.1 Å². The van der Waals surface area contributed by atoms with Crippen LogP contribution in [0.15, 0.2) is 59.4 Å². The number of carbonyl (C=O) groups excluding carboxylic acids is 2. The third-order valence-electron chi connectivity index (χ3n) is 10.3. The highest BCUT2D eigenvalue weighted by Crippen LogP contribution is 2.68. The number of fused-ring (bicyclic) bond motifs is 6. The molecular formula is C30H34N2O4S. The van der Waals surface area contributed by atoms with Crippen LogP contribution in [0, 0.1) is 34.5 Å². The van der Waals surface area contributed by atoms with Gasteiger partial charge in [0.05, 0.1) is 17.4 Å². The molecule has 7 heteroatoms. The van der Waals surface area contributed by atoms with Crippen molar-refractivity contribution < 1.29 is 19.8 Å². The summed E-state index contributed by atoms with van der Waals surface area (Å²) in [6.07, 6.45) is 9.03. The number of aliphatic hydroxyl groups is 2. The average Bonchev–Trinajstić information content (AvgIpc) is 3.08. The number of ketones is 2. The van der Waals surface area contributed by atoms with Gasteiger partial charge < -0.3 is 10.2 Å². The van der Waals surface area contributed by atoms with Gasteiger partial charge >= 0.3 is 0 Å². The van der Waals surface area contributed by atoms with E-state index in [4.69, 9.17) is 0 Å². The van der Waals surface area contributed by atoms with Crippen LogP contribution < -0.4 is 0 Å². The molecule has 0 amide bonds. The van der Waals surface area contributed by atoms with E-state index >= 15 is 0 Å². The van der Waals surface area contributed by atoms with Crippen molar-refractivity contribution >= 4 is 34.2 Å². The smallest absolute Gasteiger partial charge is 0.178 e. The molecule has 1 aromatic heterocycles. The average molecular weight is 519 g/mol. The number of thioether (sulfide) groups is 1. The highest BCUT2D eigenvalue weighted by atomic mass is 32.2. The molecule has 2 N–H and O–H groups in total. The van der Waals surface area contributed by atoms with E-state index in [1.54, 1.807) is 12.2 Å². The topological polar surface area (TPSA) is 100 Å². The fraction of sp³-hybridized carbons (Fsp3) is 0.533. The number of aliphatic hydroxyl groups excluding tert-OH is 1. The Morgan fingerprint density at radius 1 is 1.22 bits per heavy atom. The molecule has 0 saturated heterocycles. The predicted octanol–water partition coefficient (Wildman–Crippen LogP) is 4.55. The van der Waals surface area contributed by atoms with E-state index < -0.39 is 17.1 Å². The van der Waals surface area contributed by atoms with Crippen LogP contribution in [0.4, 0.5) is 0 Å². The van der Waals surface area contributed by atoms with Gasteiger partial charge in [0, 0.05) is 22.1 Å². The molecule has 0 bridgehead atoms. The Kier molecular flexibility index (Phi) is 5.79. The number of benzene rings is 1. The van der Waals surface area contributed by atoms with E-state index in [0.29, 0.717) is 6.42 Å². The number of Topliss-reactive ketones (excluding diaryl/α,β-unsaturated/α-hetero) is 1. The summed E-state index contributed by atoms with van der Waals surface area (Å²) in [6, 6.07) is 7.72. The van der Waals surface area contributed by atoms with Gasteiger partial charge in [-0.1, -0.05) is 62.4 Å². The van der Waals surface area contributed by atoms with Gasteiger partial charge in [-0.25, -0.2) is 9.97 Å². The summed E-state index contributed by atoms with van der Waals surface area (Å²) in [7, 11) is 0. The van der Waals surface area contributed by atoms with Crippen molar-refractivity contribution in [3.8, 4) is 0 Å². The fourth-order valence-electron chi connectivity index (χ4n) is 8.59. The maximum atomic E-state index is 13.9. The molecule has 2 aromatic rings. The molecule has 3 fully saturated rings. The Morgan fingerprint density at radius 2 is 2.00 bits per heavy atom. The van der Waals surface area contributed by atoms with Crippen LogP contribution in [0.1, 0.15) is 46.5 Å². The number of allylic oxidation sites excluding steroid dienone is 4. The van der Waals surface area contributed by atoms with E-state index in [0.717, 1.165) is 40.8 Å². The molecule has 1 aromatic carbocycles. The Balaban J connectivity index is 1.29. The van der Waals surface area contributed by atoms with Crippen LogP contribution in [0.5, 0.6) is 0 Å². The van der Waals surface area contributed by atoms with Crippen molar-refractivity contribution in [2.24, 2.45) is 34.5 Å². The first kappa shape index (κ1) is 25.0. The lowest BCUT2D eigenvalue weighted by Crippen LogP contribution is -2.62. The maximum absolute atomic E-state index is 13.9. The molecule has 3 saturated carbocycles. The minimum atomic E-state index is -1.52. The summed E-state index contributed by atoms with van der Waals surface area (Å²) in [5.41, 5.74) is -0.671. The lowest BCUT2D eigenvalue weighted by molar-refractivity contribution is -0.179. The van der Waals surface area contributed by atoms with Gasteiger partial charge in [0.25, 0.3) is 0 Å². The molecule has 6 nitrogen and oxygen atoms in total. The predicted molar refractivity (Wildman–Crippen MR) is 143 cm³/mol. The first-order valence-corrected chi connectivity index (χ1v) is 14.3. The summed E-state index contributed by atoms with van der Waals surface area (Å²) in [4.78, 5) is 34.7. The Labute approximate surface area is 221 Å². The molecule has 8 atom stereocenters. The molecule has 4 aliphatic carbocycles. The quantitative estimate of drug-likeness (QED) is 0.452. The Hall–Kier alpha value is -2.35. The molecule has 194 valence electrons. The van der Waals surface area contributed by atoms with Gasteiger partial charge in [0.2, 0.25) is 0 Å². The van der Waals surface area contributed by atoms with Crippen LogP contribution in [0.3, 0.4) is 0 Å². The zero-order chi connectivity index (χ0) is 26.2. The number of hydrogen-bond donors (Lipinski definition) is 2. The SMILES string of the molecule is C[C@@H]1C[C@H]2[C@@H]3CCC4=CC(=O)C=C[C@]4(C)[C@H]3[C@@H](O)C[C@]2(C)[C@@]1(O)C(=O)CSc1ncnc2ccccc12. The van der Waals surface area contributed by atoms with Crippen molar-refractivity contribution in [2.45, 2.75) is 63.2 Å². The van der Waals surface area contributed by atoms with Crippen molar-refractivity contribution in [1.82, 2.24) is 9.97 Å². The number of rotatable bonds is 4. The Morgan fingerprint density at radius 3 is 2.81 bits per heavy atom. The number of para-hydroxylation sites is 1. The van der Waals surface area contributed by atoms with Crippen LogP contribution in [-0.2, 0) is 9.59 Å². The van der Waals surface area contributed by atoms with Crippen LogP contribution in [0.2, 0.25) is 0 Å². The first-order chi connectivity index (χ1) is 17.6. The largest absolute Gasteiger partial charge is 0.393 e. The van der Waals surface area contributed by atoms with Crippen molar-refractivity contribution in [2.75, 3.05) is 5.75 Å². The normalized spacial score (nSPS) is 40.6. The second-order valence-electron chi connectivity index (χ2n) is 12.0. The molecule has 4 aliphatic rings. The van der Waals surface area contributed by atoms with Gasteiger partial charge in [-0.15, -0.1) is 0 Å². The van der Waals surface area contributed by atoms with Crippen molar-refractivity contribution in [1.29, 1.82) is 0 Å². The Bertz CT molecular complexity index is 1350. The van der Waals surface area contributed by atoms with Gasteiger partial charge in [-0.3, -0.25) is 9.59 Å². The minimum Gasteiger partial charge on any atom is -0.393 e. The molecule has 6 rings (SSSR count). The molecule has 0 aliphatic heterocycles. The van der Waals surface area contributed by atoms with Crippen LogP contribution >= 0.6 is 11.8 Å². The summed E-state index contributed by atoms with van der Waals surface area (Å²) in [5.74, 6) is 0.0107. The second-order valence-corrected chi connectivity index (χ2v) is 13.0. The molecular weight excluding hydrogens is 484 g/mol. The second kappa shape index (κ2) is 8.58. The van der Waals surface area contributed by atoms with Crippen molar-refractivity contribution in [3.05, 3.63) is 54.4 Å². The number of hydrogen-bond acceptors (Lipinski definition) is 7. The molecule has 37 heavy (non-hydrogen) atoms. The molecule has 0 spiro atoms. The number of carbonyl (C=O) groups is 2. The van der Waals surface area contributed by atoms with Gasteiger partial charge in [-0.05, 0) is 61.7 Å². The summed E-state index contributed by atoms with van der Waals surface area (Å²) < 4.78 is 0. The van der Waals surface area contributed by atoms with E-state index in [1.807, 2.05) is 44.2 Å². The number of nitrogens with zero attached hydrogens (tertiary/aromatic N) is 2. The third-order valence-corrected chi connectivity index (χ3v) is 11.4. The zero-order valence-electron chi connectivity index (χ0n) is 21.6. The lowest BCUT2D eigenvalue weighted by Gasteiger charge is -2.59. The van der Waals surface area contributed by atoms with Crippen LogP contribution in [-0.4, -0.2) is 49.2 Å². The van der Waals surface area contributed by atoms with E-state index in [2.05, 4.69) is 16.9 Å². The number of aromatic nitrogens is 2. The standard InChI is InChI=1S/C30H34N2O4S/c1-17-12-22-20-9-8-18-13-19(33)10-11-28(18,2)26(20)24(34)14-29(22,3)30(17,36)25(35)15-37-27-21-6-4-5-7-23(21)31-16-32-27/h4-7,10-11,13,16-17,20,22,24,26,34,36H,8-9,12,14-15H2,1-3H3/t17-,20+,22+,24+,26-,28+,29+,30+/m1/s1. The van der Waals surface area contributed by atoms with E-state index in [9.17, 15) is 19.8 Å². The molecule has 0 radical (unpaired) electrons. The lowest BCUT2D eigenvalue weighted by atomic mass is 9.46. The maximum Gasteiger partial charge on any atom is 0.178 e. The van der Waals surface area contributed by atoms with Gasteiger partial charge in [0.15, 0.2) is 11.6 Å². The summed E-state index contributed by atoms with van der Waals surface area (Å²) in [6.45, 7) is 6.16. The first-order valence-electron chi connectivity index (χ1n) is 13.3. The minimum absolute atomic E-state index is 0.0180. The van der Waals surface area contributed by atoms with Gasteiger partial charge in [-0.2, -0.15) is 0 Å². The third kappa shape index (κ3) is 3.46. The fourth-order valence-corrected chi connectivity index (χ4v) is 9.53. The monoisotopic (exact) mass is 518 g/mol. The molecule has 1 heterocycles. The highest BCUT2D eigenvalue weighted by molar-refractivity contribution is 8.00. The van der Waals surface area contributed by atoms with Crippen LogP contribution in [0.25, 0.3) is 10.9 Å². The molecule has 0 unspecified atom stereocenters. The summed E-state index contributed by atoms with van der Waals surface area (Å²) in [5, 5.41) is 25.5. The van der Waals surface area contributed by atoms with Gasteiger partial charge in [0.1, 0.15) is 17.0 Å². The van der Waals surface area contributed by atoms with Crippen molar-refractivity contribution in [3.63, 3.8) is 0 Å². The highest BCUT2D eigenvalue weighted by Gasteiger charge is 2.70. The zero-order valence-corrected chi connectivity index (χ0v) is 22.4. The van der Waals surface area contributed by atoms with E-state index in [-0.39, 0.29) is 46.4 Å².